The summed E-state index contributed by atoms with van der Waals surface area (Å²) in [6.07, 6.45) is 0. The quantitative estimate of drug-likeness (QED) is 0.237. The zero-order valence-corrected chi connectivity index (χ0v) is 20.3. The summed E-state index contributed by atoms with van der Waals surface area (Å²) in [6, 6.07) is 9.40. The predicted octanol–water partition coefficient (Wildman–Crippen LogP) is 6.77. The molecule has 1 fully saturated rings. The van der Waals surface area contributed by atoms with Crippen LogP contribution in [0.5, 0.6) is 0 Å². The lowest BCUT2D eigenvalue weighted by atomic mass is 10.1. The van der Waals surface area contributed by atoms with E-state index in [0.717, 1.165) is 18.2 Å². The summed E-state index contributed by atoms with van der Waals surface area (Å²) < 4.78 is 39.7. The first kappa shape index (κ1) is 25.4. The average Bonchev–Trinajstić information content (AvgIpc) is 3.37. The second-order valence-corrected chi connectivity index (χ2v) is 10.1. The van der Waals surface area contributed by atoms with Gasteiger partial charge in [0.15, 0.2) is 0 Å². The highest BCUT2D eigenvalue weighted by Gasteiger charge is 2.67. The van der Waals surface area contributed by atoms with Gasteiger partial charge in [-0.05, 0) is 35.9 Å². The van der Waals surface area contributed by atoms with Gasteiger partial charge in [-0.25, -0.2) is 13.2 Å². The maximum Gasteiger partial charge on any atom is 0.257 e. The zero-order valence-electron chi connectivity index (χ0n) is 17.3. The Bertz CT molecular complexity index is 1370. The molecule has 2 atom stereocenters. The van der Waals surface area contributed by atoms with E-state index in [0.29, 0.717) is 5.56 Å². The minimum absolute atomic E-state index is 0.00823. The first-order chi connectivity index (χ1) is 16.4. The van der Waals surface area contributed by atoms with Crippen molar-refractivity contribution in [2.24, 2.45) is 5.92 Å². The van der Waals surface area contributed by atoms with Crippen LogP contribution in [0.25, 0.3) is 0 Å². The highest BCUT2D eigenvalue weighted by atomic mass is 35.5. The topological polar surface area (TPSA) is 84.2 Å². The molecule has 0 saturated heterocycles. The number of benzene rings is 3. The van der Waals surface area contributed by atoms with Crippen molar-refractivity contribution < 1.29 is 22.8 Å². The van der Waals surface area contributed by atoms with Gasteiger partial charge in [0.2, 0.25) is 5.91 Å². The summed E-state index contributed by atoms with van der Waals surface area (Å²) >= 11 is 24.5. The van der Waals surface area contributed by atoms with Crippen molar-refractivity contribution in [3.63, 3.8) is 0 Å². The molecular formula is C23H14Cl4F3N3O2. The van der Waals surface area contributed by atoms with E-state index in [1.807, 2.05) is 0 Å². The smallest absolute Gasteiger partial charge is 0.257 e. The molecule has 3 aromatic rings. The highest BCUT2D eigenvalue weighted by Crippen LogP contribution is 2.65. The van der Waals surface area contributed by atoms with Gasteiger partial charge in [-0.3, -0.25) is 9.59 Å². The molecule has 1 aliphatic rings. The number of hydrogen-bond donors (Lipinski definition) is 3. The molecule has 12 heteroatoms. The van der Waals surface area contributed by atoms with Gasteiger partial charge < -0.3 is 16.4 Å². The Labute approximate surface area is 217 Å². The molecule has 0 heterocycles. The van der Waals surface area contributed by atoms with Gasteiger partial charge in [0.1, 0.15) is 21.8 Å². The van der Waals surface area contributed by atoms with E-state index in [1.165, 1.54) is 30.3 Å². The second-order valence-electron chi connectivity index (χ2n) is 7.79. The lowest BCUT2D eigenvalue weighted by Crippen LogP contribution is -2.18. The van der Waals surface area contributed by atoms with Crippen LogP contribution in [0.2, 0.25) is 10.0 Å². The number of alkyl halides is 2. The molecule has 35 heavy (non-hydrogen) atoms. The molecule has 0 spiro atoms. The maximum absolute atomic E-state index is 14.0. The van der Waals surface area contributed by atoms with Gasteiger partial charge in [-0.1, -0.05) is 29.3 Å². The summed E-state index contributed by atoms with van der Waals surface area (Å²) in [4.78, 5) is 25.5. The monoisotopic (exact) mass is 561 g/mol. The Hall–Kier alpha value is -2.65. The number of hydrogen-bond acceptors (Lipinski definition) is 3. The van der Waals surface area contributed by atoms with E-state index in [1.54, 1.807) is 0 Å². The minimum atomic E-state index is -1.46. The first-order valence-corrected chi connectivity index (χ1v) is 11.4. The number of carbonyl (C=O) groups excluding carboxylic acids is 2. The molecule has 4 rings (SSSR count). The summed E-state index contributed by atoms with van der Waals surface area (Å²) in [5, 5.41) is 4.66. The molecule has 1 unspecified atom stereocenters. The van der Waals surface area contributed by atoms with Crippen LogP contribution in [0.3, 0.4) is 0 Å². The number of nitrogen functional groups attached to an aromatic ring is 1. The molecule has 2 amide bonds. The fraction of sp³-hybridized carbons (Fsp3) is 0.130. The van der Waals surface area contributed by atoms with Gasteiger partial charge in [0.25, 0.3) is 5.91 Å². The fourth-order valence-electron chi connectivity index (χ4n) is 3.62. The molecule has 3 aromatic carbocycles. The fourth-order valence-corrected chi connectivity index (χ4v) is 4.84. The lowest BCUT2D eigenvalue weighted by Gasteiger charge is -2.11. The standard InChI is InChI=1S/C23H14Cl4F3N3O2/c24-12-3-2-10(6-11(12)21(34)33-18-8-15(29)17(31)7-16(18)30)32-22(35)20-19(23(20,26)27)9-1-4-14(28)13(25)5-9/h1-8,19-20H,31H2,(H,32,35)(H,33,34)/t19?,20-/m1/s1. The van der Waals surface area contributed by atoms with Crippen LogP contribution < -0.4 is 16.4 Å². The zero-order chi connectivity index (χ0) is 25.7. The Kier molecular flexibility index (Phi) is 6.85. The summed E-state index contributed by atoms with van der Waals surface area (Å²) in [7, 11) is 0. The number of nitrogens with one attached hydrogen (secondary N) is 2. The molecule has 0 radical (unpaired) electrons. The third kappa shape index (κ3) is 5.02. The summed E-state index contributed by atoms with van der Waals surface area (Å²) in [5.41, 5.74) is 4.96. The highest BCUT2D eigenvalue weighted by molar-refractivity contribution is 6.53. The van der Waals surface area contributed by atoms with Crippen LogP contribution in [-0.2, 0) is 4.79 Å². The Balaban J connectivity index is 1.52. The van der Waals surface area contributed by atoms with Crippen LogP contribution in [0.15, 0.2) is 48.5 Å². The van der Waals surface area contributed by atoms with E-state index >= 15 is 0 Å². The largest absolute Gasteiger partial charge is 0.396 e. The van der Waals surface area contributed by atoms with Crippen LogP contribution in [0.1, 0.15) is 21.8 Å². The normalized spacial score (nSPS) is 18.1. The Morgan fingerprint density at radius 2 is 1.57 bits per heavy atom. The Morgan fingerprint density at radius 1 is 0.857 bits per heavy atom. The van der Waals surface area contributed by atoms with Crippen molar-refractivity contribution >= 4 is 75.3 Å². The number of halogens is 7. The van der Waals surface area contributed by atoms with Gasteiger partial charge >= 0.3 is 0 Å². The van der Waals surface area contributed by atoms with E-state index in [4.69, 9.17) is 52.1 Å². The summed E-state index contributed by atoms with van der Waals surface area (Å²) in [6.45, 7) is 0. The number of carbonyl (C=O) groups is 2. The van der Waals surface area contributed by atoms with Crippen LogP contribution in [0, 0.1) is 23.4 Å². The van der Waals surface area contributed by atoms with Gasteiger partial charge in [-0.2, -0.15) is 0 Å². The predicted molar refractivity (Wildman–Crippen MR) is 131 cm³/mol. The van der Waals surface area contributed by atoms with Gasteiger partial charge in [0.05, 0.1) is 32.9 Å². The number of nitrogens with two attached hydrogens (primary N) is 1. The molecule has 0 aliphatic heterocycles. The third-order valence-electron chi connectivity index (χ3n) is 5.45. The Morgan fingerprint density at radius 3 is 2.26 bits per heavy atom. The number of rotatable bonds is 5. The van der Waals surface area contributed by atoms with E-state index < -0.39 is 56.8 Å². The van der Waals surface area contributed by atoms with Crippen molar-refractivity contribution in [3.8, 4) is 0 Å². The van der Waals surface area contributed by atoms with Gasteiger partial charge in [-0.15, -0.1) is 23.2 Å². The molecule has 4 N–H and O–H groups in total. The van der Waals surface area contributed by atoms with Gasteiger partial charge in [0, 0.05) is 23.7 Å². The molecule has 182 valence electrons. The lowest BCUT2D eigenvalue weighted by molar-refractivity contribution is -0.117. The average molecular weight is 563 g/mol. The van der Waals surface area contributed by atoms with Crippen molar-refractivity contribution in [3.05, 3.63) is 87.2 Å². The second kappa shape index (κ2) is 9.43. The SMILES string of the molecule is Nc1cc(F)c(NC(=O)c2cc(NC(=O)[C@H]3C(c4ccc(F)c(Cl)c4)C3(Cl)Cl)ccc2Cl)cc1F. The van der Waals surface area contributed by atoms with Crippen LogP contribution in [0.4, 0.5) is 30.2 Å². The number of anilines is 3. The minimum Gasteiger partial charge on any atom is -0.396 e. The molecule has 1 saturated carbocycles. The van der Waals surface area contributed by atoms with Crippen molar-refractivity contribution in [1.29, 1.82) is 0 Å². The van der Waals surface area contributed by atoms with E-state index in [2.05, 4.69) is 10.6 Å². The van der Waals surface area contributed by atoms with Crippen molar-refractivity contribution in [2.45, 2.75) is 10.3 Å². The molecule has 0 aromatic heterocycles. The maximum atomic E-state index is 14.0. The summed E-state index contributed by atoms with van der Waals surface area (Å²) in [5.74, 6) is -5.46. The molecule has 1 aliphatic carbocycles. The van der Waals surface area contributed by atoms with E-state index in [9.17, 15) is 22.8 Å². The first-order valence-electron chi connectivity index (χ1n) is 9.89. The molecule has 5 nitrogen and oxygen atoms in total. The third-order valence-corrected chi connectivity index (χ3v) is 7.01. The molecular weight excluding hydrogens is 549 g/mol. The van der Waals surface area contributed by atoms with Crippen LogP contribution >= 0.6 is 46.4 Å². The van der Waals surface area contributed by atoms with E-state index in [-0.39, 0.29) is 21.3 Å². The van der Waals surface area contributed by atoms with Crippen molar-refractivity contribution in [1.82, 2.24) is 0 Å². The molecule has 0 bridgehead atoms. The van der Waals surface area contributed by atoms with Crippen molar-refractivity contribution in [2.75, 3.05) is 16.4 Å². The number of amides is 2. The van der Waals surface area contributed by atoms with Crippen LogP contribution in [-0.4, -0.2) is 16.1 Å².